The number of thiazole rings is 1. The van der Waals surface area contributed by atoms with Gasteiger partial charge in [-0.15, -0.1) is 11.3 Å². The summed E-state index contributed by atoms with van der Waals surface area (Å²) in [7, 11) is -3.66. The van der Waals surface area contributed by atoms with Crippen molar-refractivity contribution in [1.29, 1.82) is 0 Å². The molecule has 0 aliphatic carbocycles. The van der Waals surface area contributed by atoms with Crippen molar-refractivity contribution in [3.05, 3.63) is 28.8 Å². The molecule has 10 heteroatoms. The van der Waals surface area contributed by atoms with E-state index < -0.39 is 10.0 Å². The number of aromatic nitrogens is 1. The average molecular weight is 395 g/mol. The number of hydrogen-bond acceptors (Lipinski definition) is 7. The molecule has 2 aliphatic heterocycles. The van der Waals surface area contributed by atoms with Gasteiger partial charge in [-0.05, 0) is 12.1 Å². The van der Waals surface area contributed by atoms with E-state index in [2.05, 4.69) is 10.3 Å². The third-order valence-corrected chi connectivity index (χ3v) is 6.97. The van der Waals surface area contributed by atoms with E-state index in [0.717, 1.165) is 10.6 Å². The highest BCUT2D eigenvalue weighted by Crippen LogP contribution is 2.35. The summed E-state index contributed by atoms with van der Waals surface area (Å²) in [5, 5.41) is 3.15. The van der Waals surface area contributed by atoms with Crippen molar-refractivity contribution in [3.63, 3.8) is 0 Å². The van der Waals surface area contributed by atoms with Gasteiger partial charge in [0, 0.05) is 30.8 Å². The molecule has 0 atom stereocenters. The Labute approximate surface area is 154 Å². The maximum atomic E-state index is 13.0. The van der Waals surface area contributed by atoms with Crippen LogP contribution in [0.1, 0.15) is 17.5 Å². The fraction of sp³-hybridized carbons (Fsp3) is 0.375. The predicted molar refractivity (Wildman–Crippen MR) is 95.1 cm³/mol. The van der Waals surface area contributed by atoms with Crippen molar-refractivity contribution in [2.45, 2.75) is 24.8 Å². The summed E-state index contributed by atoms with van der Waals surface area (Å²) in [4.78, 5) is 16.6. The molecule has 0 saturated heterocycles. The molecule has 26 heavy (non-hydrogen) atoms. The largest absolute Gasteiger partial charge is 0.486 e. The van der Waals surface area contributed by atoms with Crippen molar-refractivity contribution >= 4 is 32.4 Å². The summed E-state index contributed by atoms with van der Waals surface area (Å²) in [5.74, 6) is 0.802. The summed E-state index contributed by atoms with van der Waals surface area (Å²) >= 11 is 1.31. The zero-order valence-corrected chi connectivity index (χ0v) is 15.7. The molecule has 0 bridgehead atoms. The topological polar surface area (TPSA) is 97.8 Å². The Morgan fingerprint density at radius 3 is 2.81 bits per heavy atom. The van der Waals surface area contributed by atoms with Gasteiger partial charge in [-0.2, -0.15) is 4.31 Å². The van der Waals surface area contributed by atoms with Crippen molar-refractivity contribution in [3.8, 4) is 11.5 Å². The number of hydrogen-bond donors (Lipinski definition) is 1. The lowest BCUT2D eigenvalue weighted by Crippen LogP contribution is -2.35. The van der Waals surface area contributed by atoms with E-state index >= 15 is 0 Å². The molecule has 0 unspecified atom stereocenters. The van der Waals surface area contributed by atoms with Crippen LogP contribution in [0.15, 0.2) is 23.1 Å². The second-order valence-electron chi connectivity index (χ2n) is 5.96. The van der Waals surface area contributed by atoms with E-state index in [4.69, 9.17) is 9.47 Å². The molecule has 1 N–H and O–H groups in total. The molecule has 4 rings (SSSR count). The van der Waals surface area contributed by atoms with Gasteiger partial charge < -0.3 is 14.8 Å². The van der Waals surface area contributed by atoms with Gasteiger partial charge in [0.05, 0.1) is 17.1 Å². The molecule has 0 spiro atoms. The van der Waals surface area contributed by atoms with Gasteiger partial charge in [0.2, 0.25) is 15.9 Å². The summed E-state index contributed by atoms with van der Waals surface area (Å²) in [6.45, 7) is 2.85. The smallest absolute Gasteiger partial charge is 0.243 e. The molecule has 138 valence electrons. The molecule has 8 nitrogen and oxygen atoms in total. The first-order valence-electron chi connectivity index (χ1n) is 8.09. The highest BCUT2D eigenvalue weighted by atomic mass is 32.2. The Hall–Kier alpha value is -2.17. The first kappa shape index (κ1) is 17.3. The maximum absolute atomic E-state index is 13.0. The zero-order chi connectivity index (χ0) is 18.3. The fourth-order valence-electron chi connectivity index (χ4n) is 2.91. The first-order chi connectivity index (χ1) is 12.4. The summed E-state index contributed by atoms with van der Waals surface area (Å²) in [6, 6.07) is 4.67. The van der Waals surface area contributed by atoms with E-state index in [0.29, 0.717) is 42.8 Å². The van der Waals surface area contributed by atoms with Crippen LogP contribution in [-0.2, 0) is 27.8 Å². The Balaban J connectivity index is 1.59. The number of carbonyl (C=O) groups excluding carboxylic acids is 1. The minimum Gasteiger partial charge on any atom is -0.486 e. The Morgan fingerprint density at radius 2 is 2.04 bits per heavy atom. The van der Waals surface area contributed by atoms with Crippen molar-refractivity contribution < 1.29 is 22.7 Å². The number of anilines is 1. The highest BCUT2D eigenvalue weighted by molar-refractivity contribution is 7.89. The third-order valence-electron chi connectivity index (χ3n) is 4.13. The molecule has 1 aromatic carbocycles. The normalized spacial score (nSPS) is 16.8. The minimum absolute atomic E-state index is 0.178. The standard InChI is InChI=1S/C16H17N3O5S2/c1-10(20)17-16-18-12-4-5-19(9-15(12)25-16)26(21,22)11-2-3-13-14(8-11)24-7-6-23-13/h2-3,8H,4-7,9H2,1H3,(H,17,18,20). The van der Waals surface area contributed by atoms with E-state index in [1.165, 1.54) is 34.7 Å². The van der Waals surface area contributed by atoms with E-state index in [-0.39, 0.29) is 17.3 Å². The Bertz CT molecular complexity index is 970. The molecule has 2 aliphatic rings. The number of ether oxygens (including phenoxy) is 2. The fourth-order valence-corrected chi connectivity index (χ4v) is 5.49. The van der Waals surface area contributed by atoms with Crippen LogP contribution in [0.5, 0.6) is 11.5 Å². The van der Waals surface area contributed by atoms with Gasteiger partial charge in [0.15, 0.2) is 16.6 Å². The van der Waals surface area contributed by atoms with Crippen LogP contribution in [0, 0.1) is 0 Å². The molecule has 0 fully saturated rings. The summed E-state index contributed by atoms with van der Waals surface area (Å²) in [5.41, 5.74) is 0.840. The van der Waals surface area contributed by atoms with Crippen LogP contribution in [-0.4, -0.2) is 43.4 Å². The third kappa shape index (κ3) is 3.15. The predicted octanol–water partition coefficient (Wildman–Crippen LogP) is 1.62. The molecule has 2 aromatic rings. The maximum Gasteiger partial charge on any atom is 0.243 e. The molecule has 0 radical (unpaired) electrons. The molecule has 1 amide bonds. The van der Waals surface area contributed by atoms with Crippen molar-refractivity contribution in [1.82, 2.24) is 9.29 Å². The number of fused-ring (bicyclic) bond motifs is 2. The molecule has 0 saturated carbocycles. The van der Waals surface area contributed by atoms with Crippen LogP contribution in [0.4, 0.5) is 5.13 Å². The highest BCUT2D eigenvalue weighted by Gasteiger charge is 2.31. The number of amides is 1. The molecular formula is C16H17N3O5S2. The second kappa shape index (κ2) is 6.53. The lowest BCUT2D eigenvalue weighted by molar-refractivity contribution is -0.114. The number of nitrogens with one attached hydrogen (secondary N) is 1. The van der Waals surface area contributed by atoms with Gasteiger partial charge >= 0.3 is 0 Å². The van der Waals surface area contributed by atoms with E-state index in [9.17, 15) is 13.2 Å². The number of carbonyl (C=O) groups is 1. The lowest BCUT2D eigenvalue weighted by Gasteiger charge is -2.26. The average Bonchev–Trinajstić information content (AvgIpc) is 3.01. The van der Waals surface area contributed by atoms with Crippen LogP contribution >= 0.6 is 11.3 Å². The molecular weight excluding hydrogens is 378 g/mol. The minimum atomic E-state index is -3.66. The second-order valence-corrected chi connectivity index (χ2v) is 8.99. The number of benzene rings is 1. The van der Waals surface area contributed by atoms with E-state index in [1.807, 2.05) is 0 Å². The van der Waals surface area contributed by atoms with Crippen LogP contribution in [0.3, 0.4) is 0 Å². The quantitative estimate of drug-likeness (QED) is 0.848. The number of sulfonamides is 1. The van der Waals surface area contributed by atoms with Crippen LogP contribution in [0.25, 0.3) is 0 Å². The van der Waals surface area contributed by atoms with Crippen molar-refractivity contribution in [2.24, 2.45) is 0 Å². The van der Waals surface area contributed by atoms with Crippen LogP contribution in [0.2, 0.25) is 0 Å². The molecule has 1 aromatic heterocycles. The molecule has 3 heterocycles. The monoisotopic (exact) mass is 395 g/mol. The SMILES string of the molecule is CC(=O)Nc1nc2c(s1)CN(S(=O)(=O)c1ccc3c(c1)OCCO3)CC2. The Morgan fingerprint density at radius 1 is 1.27 bits per heavy atom. The lowest BCUT2D eigenvalue weighted by atomic mass is 10.2. The van der Waals surface area contributed by atoms with Gasteiger partial charge in [0.1, 0.15) is 13.2 Å². The van der Waals surface area contributed by atoms with Crippen molar-refractivity contribution in [2.75, 3.05) is 25.1 Å². The summed E-state index contributed by atoms with van der Waals surface area (Å²) in [6.07, 6.45) is 0.509. The van der Waals surface area contributed by atoms with Crippen LogP contribution < -0.4 is 14.8 Å². The van der Waals surface area contributed by atoms with Gasteiger partial charge in [0.25, 0.3) is 0 Å². The summed E-state index contributed by atoms with van der Waals surface area (Å²) < 4.78 is 38.4. The van der Waals surface area contributed by atoms with E-state index in [1.54, 1.807) is 6.07 Å². The number of rotatable bonds is 3. The van der Waals surface area contributed by atoms with Gasteiger partial charge in [-0.1, -0.05) is 0 Å². The Kier molecular flexibility index (Phi) is 4.33. The first-order valence-corrected chi connectivity index (χ1v) is 10.3. The van der Waals surface area contributed by atoms with Gasteiger partial charge in [-0.3, -0.25) is 4.79 Å². The number of nitrogens with zero attached hydrogens (tertiary/aromatic N) is 2. The van der Waals surface area contributed by atoms with Gasteiger partial charge in [-0.25, -0.2) is 13.4 Å². The zero-order valence-electron chi connectivity index (χ0n) is 14.0.